The molecule has 4 rings (SSSR count). The summed E-state index contributed by atoms with van der Waals surface area (Å²) in [6, 6.07) is 10.4. The molecule has 0 spiro atoms. The van der Waals surface area contributed by atoms with Gasteiger partial charge in [0.25, 0.3) is 0 Å². The number of rotatable bonds is 12. The van der Waals surface area contributed by atoms with Gasteiger partial charge < -0.3 is 25.4 Å². The highest BCUT2D eigenvalue weighted by atomic mass is 35.5. The van der Waals surface area contributed by atoms with E-state index in [1.54, 1.807) is 16.9 Å². The van der Waals surface area contributed by atoms with E-state index in [-0.39, 0.29) is 39.0 Å². The normalized spacial score (nSPS) is 22.1. The van der Waals surface area contributed by atoms with E-state index in [1.165, 1.54) is 30.3 Å². The van der Waals surface area contributed by atoms with Crippen LogP contribution in [0.2, 0.25) is 10.0 Å². The number of aromatic nitrogens is 2. The van der Waals surface area contributed by atoms with Gasteiger partial charge in [-0.25, -0.2) is 8.78 Å². The zero-order valence-electron chi connectivity index (χ0n) is 28.3. The number of nitrogens with one attached hydrogen (secondary N) is 2. The van der Waals surface area contributed by atoms with Gasteiger partial charge in [0.05, 0.1) is 42.0 Å². The van der Waals surface area contributed by atoms with Crippen LogP contribution in [0, 0.1) is 28.4 Å². The molecule has 2 heterocycles. The minimum absolute atomic E-state index is 0.00182. The molecular weight excluding hydrogens is 661 g/mol. The van der Waals surface area contributed by atoms with Gasteiger partial charge in [-0.3, -0.25) is 9.48 Å². The molecule has 9 nitrogen and oxygen atoms in total. The van der Waals surface area contributed by atoms with E-state index < -0.39 is 52.7 Å². The summed E-state index contributed by atoms with van der Waals surface area (Å²) < 4.78 is 39.3. The maximum atomic E-state index is 15.9. The number of hydrogen-bond acceptors (Lipinski definition) is 7. The number of hydrogen-bond donors (Lipinski definition) is 3. The van der Waals surface area contributed by atoms with Crippen LogP contribution < -0.4 is 10.6 Å². The number of nitriles is 1. The SMILES string of the molecule is CN(C)CC(O)COC(C)(C)Cn1ccc(NC(=O)C2NC(CC(C)(C)C)C(C#N)(c3ccc(Cl)cc3F)C2c2cccc(Cl)c2F)n1. The molecule has 0 bridgehead atoms. The van der Waals surface area contributed by atoms with Crippen LogP contribution in [0.5, 0.6) is 0 Å². The maximum absolute atomic E-state index is 15.9. The molecule has 3 aromatic rings. The van der Waals surface area contributed by atoms with Crippen molar-refractivity contribution in [3.8, 4) is 6.07 Å². The lowest BCUT2D eigenvalue weighted by Crippen LogP contribution is -2.45. The van der Waals surface area contributed by atoms with Gasteiger partial charge in [-0.2, -0.15) is 10.4 Å². The topological polar surface area (TPSA) is 115 Å². The summed E-state index contributed by atoms with van der Waals surface area (Å²) in [6.07, 6.45) is 1.36. The molecule has 1 aliphatic rings. The molecule has 2 aromatic carbocycles. The van der Waals surface area contributed by atoms with Crippen molar-refractivity contribution in [3.63, 3.8) is 0 Å². The van der Waals surface area contributed by atoms with Crippen LogP contribution in [-0.4, -0.2) is 76.7 Å². The van der Waals surface area contributed by atoms with Gasteiger partial charge in [0.2, 0.25) is 5.91 Å². The van der Waals surface area contributed by atoms with Crippen LogP contribution in [0.3, 0.4) is 0 Å². The second-order valence-electron chi connectivity index (χ2n) is 14.6. The summed E-state index contributed by atoms with van der Waals surface area (Å²) in [5.41, 5.74) is -2.81. The number of amides is 1. The number of ether oxygens (including phenoxy) is 1. The number of nitrogens with zero attached hydrogens (tertiary/aromatic N) is 4. The van der Waals surface area contributed by atoms with Gasteiger partial charge in [-0.1, -0.05) is 62.2 Å². The van der Waals surface area contributed by atoms with E-state index in [2.05, 4.69) is 21.8 Å². The van der Waals surface area contributed by atoms with Crippen molar-refractivity contribution in [3.05, 3.63) is 81.5 Å². The Hall–Kier alpha value is -3.11. The molecule has 0 aliphatic carbocycles. The Morgan fingerprint density at radius 3 is 2.54 bits per heavy atom. The second-order valence-corrected chi connectivity index (χ2v) is 15.4. The lowest BCUT2D eigenvalue weighted by Gasteiger charge is -2.37. The predicted octanol–water partition coefficient (Wildman–Crippen LogP) is 6.15. The highest BCUT2D eigenvalue weighted by molar-refractivity contribution is 6.31. The van der Waals surface area contributed by atoms with Crippen molar-refractivity contribution in [2.24, 2.45) is 5.41 Å². The lowest BCUT2D eigenvalue weighted by molar-refractivity contribution is -0.118. The minimum atomic E-state index is -1.74. The lowest BCUT2D eigenvalue weighted by atomic mass is 9.62. The molecule has 0 radical (unpaired) electrons. The standard InChI is InChI=1S/C35H44Cl2F2N6O3/c1-33(2,3)16-27-35(19-40,24-12-11-21(36)15-26(24)38)29(23-9-8-10-25(37)30(23)39)31(41-27)32(47)42-28-13-14-45(43-28)20-34(4,5)48-18-22(46)17-44(6)7/h8-15,22,27,29,31,41,46H,16-18,20H2,1-7H3,(H,42,43,47). The molecule has 1 aliphatic heterocycles. The number of likely N-dealkylation sites (N-methyl/N-ethyl adjacent to an activating group) is 1. The fraction of sp³-hybridized carbons (Fsp3) is 0.514. The van der Waals surface area contributed by atoms with Gasteiger partial charge in [0.15, 0.2) is 5.82 Å². The van der Waals surface area contributed by atoms with Gasteiger partial charge >= 0.3 is 0 Å². The Morgan fingerprint density at radius 1 is 1.21 bits per heavy atom. The number of aliphatic hydroxyl groups excluding tert-OH is 1. The van der Waals surface area contributed by atoms with Crippen molar-refractivity contribution in [2.45, 2.75) is 82.7 Å². The fourth-order valence-electron chi connectivity index (χ4n) is 6.51. The summed E-state index contributed by atoms with van der Waals surface area (Å²) in [5.74, 6) is -3.10. The Morgan fingerprint density at radius 2 is 1.92 bits per heavy atom. The van der Waals surface area contributed by atoms with Crippen molar-refractivity contribution in [2.75, 3.05) is 32.6 Å². The third-order valence-electron chi connectivity index (χ3n) is 8.41. The van der Waals surface area contributed by atoms with E-state index in [9.17, 15) is 15.2 Å². The molecular formula is C35H44Cl2F2N6O3. The second kappa shape index (κ2) is 14.8. The molecule has 5 atom stereocenters. The first-order valence-corrected chi connectivity index (χ1v) is 16.5. The average Bonchev–Trinajstić information content (AvgIpc) is 3.53. The maximum Gasteiger partial charge on any atom is 0.243 e. The number of anilines is 1. The van der Waals surface area contributed by atoms with E-state index in [1.807, 2.05) is 53.6 Å². The van der Waals surface area contributed by atoms with Crippen molar-refractivity contribution in [1.29, 1.82) is 5.26 Å². The first-order chi connectivity index (χ1) is 22.4. The highest BCUT2D eigenvalue weighted by Gasteiger charge is 2.61. The summed E-state index contributed by atoms with van der Waals surface area (Å²) in [6.45, 7) is 10.6. The van der Waals surface area contributed by atoms with Gasteiger partial charge in [-0.05, 0) is 63.5 Å². The molecule has 260 valence electrons. The number of carbonyl (C=O) groups excluding carboxylic acids is 1. The molecule has 1 aromatic heterocycles. The summed E-state index contributed by atoms with van der Waals surface area (Å²) in [7, 11) is 3.73. The largest absolute Gasteiger partial charge is 0.389 e. The van der Waals surface area contributed by atoms with E-state index >= 15 is 8.78 Å². The van der Waals surface area contributed by atoms with Crippen molar-refractivity contribution >= 4 is 34.9 Å². The Labute approximate surface area is 291 Å². The molecule has 1 fully saturated rings. The quantitative estimate of drug-likeness (QED) is 0.207. The molecule has 3 N–H and O–H groups in total. The van der Waals surface area contributed by atoms with Gasteiger partial charge in [0, 0.05) is 41.4 Å². The van der Waals surface area contributed by atoms with Gasteiger partial charge in [-0.15, -0.1) is 0 Å². The zero-order chi connectivity index (χ0) is 35.6. The fourth-order valence-corrected chi connectivity index (χ4v) is 6.85. The first kappa shape index (κ1) is 37.7. The zero-order valence-corrected chi connectivity index (χ0v) is 29.8. The van der Waals surface area contributed by atoms with Crippen LogP contribution in [0.4, 0.5) is 14.6 Å². The summed E-state index contributed by atoms with van der Waals surface area (Å²) in [4.78, 5) is 16.0. The number of aliphatic hydroxyl groups is 1. The number of halogens is 4. The average molecular weight is 706 g/mol. The minimum Gasteiger partial charge on any atom is -0.389 e. The Kier molecular flexibility index (Phi) is 11.6. The summed E-state index contributed by atoms with van der Waals surface area (Å²) >= 11 is 12.3. The Balaban J connectivity index is 1.71. The van der Waals surface area contributed by atoms with E-state index in [0.29, 0.717) is 19.5 Å². The smallest absolute Gasteiger partial charge is 0.243 e. The monoisotopic (exact) mass is 704 g/mol. The van der Waals surface area contributed by atoms with Gasteiger partial charge in [0.1, 0.15) is 17.0 Å². The van der Waals surface area contributed by atoms with Crippen LogP contribution in [-0.2, 0) is 21.5 Å². The first-order valence-electron chi connectivity index (χ1n) is 15.7. The highest BCUT2D eigenvalue weighted by Crippen LogP contribution is 2.52. The number of benzene rings is 2. The molecule has 1 amide bonds. The van der Waals surface area contributed by atoms with Crippen molar-refractivity contribution < 1.29 is 23.4 Å². The molecule has 13 heteroatoms. The third-order valence-corrected chi connectivity index (χ3v) is 8.94. The number of carbonyl (C=O) groups is 1. The van der Waals surface area contributed by atoms with E-state index in [0.717, 1.165) is 6.07 Å². The van der Waals surface area contributed by atoms with Crippen LogP contribution >= 0.6 is 23.2 Å². The van der Waals surface area contributed by atoms with Crippen LogP contribution in [0.25, 0.3) is 0 Å². The predicted molar refractivity (Wildman–Crippen MR) is 183 cm³/mol. The molecule has 0 saturated carbocycles. The molecule has 5 unspecified atom stereocenters. The van der Waals surface area contributed by atoms with E-state index in [4.69, 9.17) is 27.9 Å². The van der Waals surface area contributed by atoms with Crippen molar-refractivity contribution in [1.82, 2.24) is 20.0 Å². The molecule has 48 heavy (non-hydrogen) atoms. The molecule has 1 saturated heterocycles. The Bertz CT molecular complexity index is 1650. The van der Waals surface area contributed by atoms with Crippen LogP contribution in [0.15, 0.2) is 48.7 Å². The third kappa shape index (κ3) is 8.54. The van der Waals surface area contributed by atoms with Crippen LogP contribution in [0.1, 0.15) is 58.1 Å². The summed E-state index contributed by atoms with van der Waals surface area (Å²) in [5, 5.41) is 31.8.